The number of aromatic nitrogens is 3. The van der Waals surface area contributed by atoms with Crippen molar-refractivity contribution < 1.29 is 14.3 Å². The Kier molecular flexibility index (Phi) is 7.84. The third kappa shape index (κ3) is 5.24. The van der Waals surface area contributed by atoms with Crippen molar-refractivity contribution in [1.82, 2.24) is 14.8 Å². The SMILES string of the molecule is C=CCn1c(SCC(=O)Nc2scc(-c3ccccc3)c2C(=O)OC)nnc1-c1csc(C)c1C. The topological polar surface area (TPSA) is 86.1 Å². The van der Waals surface area contributed by atoms with Gasteiger partial charge in [-0.15, -0.1) is 39.4 Å². The molecular weight excluding hydrogens is 501 g/mol. The minimum absolute atomic E-state index is 0.107. The van der Waals surface area contributed by atoms with Crippen LogP contribution in [0.25, 0.3) is 22.5 Å². The number of carbonyl (C=O) groups excluding carboxylic acids is 2. The molecule has 0 aliphatic carbocycles. The standard InChI is InChI=1S/C25H24N4O3S3/c1-5-11-29-22(18-12-33-16(3)15(18)2)27-28-25(29)35-14-20(30)26-23-21(24(31)32-4)19(13-34-23)17-9-7-6-8-10-17/h5-10,12-13H,1,11,14H2,2-4H3,(H,26,30). The zero-order valence-electron chi connectivity index (χ0n) is 19.5. The molecule has 1 amide bonds. The Hall–Kier alpha value is -3.21. The highest BCUT2D eigenvalue weighted by Gasteiger charge is 2.23. The highest BCUT2D eigenvalue weighted by molar-refractivity contribution is 7.99. The first-order valence-electron chi connectivity index (χ1n) is 10.7. The van der Waals surface area contributed by atoms with Crippen LogP contribution in [0.5, 0.6) is 0 Å². The Morgan fingerprint density at radius 3 is 2.54 bits per heavy atom. The van der Waals surface area contributed by atoms with Gasteiger partial charge < -0.3 is 10.1 Å². The van der Waals surface area contributed by atoms with Crippen molar-refractivity contribution >= 4 is 51.3 Å². The average molecular weight is 525 g/mol. The number of rotatable bonds is 9. The molecule has 0 unspecified atom stereocenters. The number of benzene rings is 1. The summed E-state index contributed by atoms with van der Waals surface area (Å²) in [6.45, 7) is 8.52. The Morgan fingerprint density at radius 2 is 1.89 bits per heavy atom. The maximum atomic E-state index is 12.8. The molecule has 35 heavy (non-hydrogen) atoms. The van der Waals surface area contributed by atoms with Gasteiger partial charge in [0.15, 0.2) is 11.0 Å². The lowest BCUT2D eigenvalue weighted by Gasteiger charge is -2.09. The number of nitrogens with one attached hydrogen (secondary N) is 1. The van der Waals surface area contributed by atoms with E-state index in [0.29, 0.717) is 22.3 Å². The molecular formula is C25H24N4O3S3. The molecule has 0 aliphatic heterocycles. The highest BCUT2D eigenvalue weighted by atomic mass is 32.2. The Labute approximate surface area is 215 Å². The monoisotopic (exact) mass is 524 g/mol. The summed E-state index contributed by atoms with van der Waals surface area (Å²) in [4.78, 5) is 26.6. The van der Waals surface area contributed by atoms with Crippen LogP contribution in [-0.2, 0) is 16.1 Å². The normalized spacial score (nSPS) is 10.8. The highest BCUT2D eigenvalue weighted by Crippen LogP contribution is 2.36. The molecule has 7 nitrogen and oxygen atoms in total. The lowest BCUT2D eigenvalue weighted by molar-refractivity contribution is -0.113. The molecule has 4 aromatic rings. The van der Waals surface area contributed by atoms with E-state index >= 15 is 0 Å². The van der Waals surface area contributed by atoms with Crippen molar-refractivity contribution in [2.75, 3.05) is 18.2 Å². The van der Waals surface area contributed by atoms with Crippen LogP contribution in [0.15, 0.2) is 58.9 Å². The number of allylic oxidation sites excluding steroid dienone is 1. The van der Waals surface area contributed by atoms with Gasteiger partial charge in [0.05, 0.1) is 12.9 Å². The third-order valence-corrected chi connectivity index (χ3v) is 8.28. The summed E-state index contributed by atoms with van der Waals surface area (Å²) in [6.07, 6.45) is 1.78. The minimum Gasteiger partial charge on any atom is -0.465 e. The number of nitrogens with zero attached hydrogens (tertiary/aromatic N) is 3. The Morgan fingerprint density at radius 1 is 1.14 bits per heavy atom. The van der Waals surface area contributed by atoms with Gasteiger partial charge in [-0.1, -0.05) is 48.2 Å². The van der Waals surface area contributed by atoms with Crippen LogP contribution in [0.2, 0.25) is 0 Å². The second kappa shape index (κ2) is 11.0. The number of ether oxygens (including phenoxy) is 1. The number of amides is 1. The Bertz CT molecular complexity index is 1370. The van der Waals surface area contributed by atoms with Crippen LogP contribution in [0.4, 0.5) is 5.00 Å². The number of hydrogen-bond donors (Lipinski definition) is 1. The molecule has 1 N–H and O–H groups in total. The molecule has 0 radical (unpaired) electrons. The number of aryl methyl sites for hydroxylation is 1. The second-order valence-electron chi connectivity index (χ2n) is 7.58. The van der Waals surface area contributed by atoms with Crippen molar-refractivity contribution in [2.45, 2.75) is 25.5 Å². The van der Waals surface area contributed by atoms with E-state index in [2.05, 4.69) is 41.3 Å². The molecule has 3 heterocycles. The molecule has 0 atom stereocenters. The van der Waals surface area contributed by atoms with Crippen molar-refractivity contribution in [2.24, 2.45) is 0 Å². The summed E-state index contributed by atoms with van der Waals surface area (Å²) in [5.41, 5.74) is 4.16. The van der Waals surface area contributed by atoms with Crippen LogP contribution >= 0.6 is 34.4 Å². The van der Waals surface area contributed by atoms with Crippen LogP contribution in [-0.4, -0.2) is 39.5 Å². The molecule has 10 heteroatoms. The molecule has 0 saturated heterocycles. The number of esters is 1. The predicted octanol–water partition coefficient (Wildman–Crippen LogP) is 6.06. The van der Waals surface area contributed by atoms with Crippen LogP contribution in [0, 0.1) is 13.8 Å². The average Bonchev–Trinajstić information content (AvgIpc) is 3.56. The first kappa shape index (κ1) is 24.9. The predicted molar refractivity (Wildman–Crippen MR) is 143 cm³/mol. The van der Waals surface area contributed by atoms with Crippen molar-refractivity contribution in [3.8, 4) is 22.5 Å². The molecule has 1 aromatic carbocycles. The number of methoxy groups -OCH3 is 1. The fourth-order valence-electron chi connectivity index (χ4n) is 3.50. The number of thioether (sulfide) groups is 1. The fourth-order valence-corrected chi connectivity index (χ4v) is 6.08. The van der Waals surface area contributed by atoms with Crippen molar-refractivity contribution in [3.63, 3.8) is 0 Å². The smallest absolute Gasteiger partial charge is 0.341 e. The van der Waals surface area contributed by atoms with Gasteiger partial charge in [0.25, 0.3) is 0 Å². The number of hydrogen-bond acceptors (Lipinski definition) is 8. The van der Waals surface area contributed by atoms with Gasteiger partial charge >= 0.3 is 5.97 Å². The van der Waals surface area contributed by atoms with Crippen molar-refractivity contribution in [3.05, 3.63) is 69.8 Å². The van der Waals surface area contributed by atoms with Crippen LogP contribution < -0.4 is 5.32 Å². The molecule has 0 aliphatic rings. The zero-order chi connectivity index (χ0) is 24.9. The van der Waals surface area contributed by atoms with E-state index in [0.717, 1.165) is 22.5 Å². The van der Waals surface area contributed by atoms with Gasteiger partial charge in [0.1, 0.15) is 10.6 Å². The first-order valence-corrected chi connectivity index (χ1v) is 13.5. The lowest BCUT2D eigenvalue weighted by Crippen LogP contribution is -2.16. The minimum atomic E-state index is -0.496. The van der Waals surface area contributed by atoms with Gasteiger partial charge in [-0.3, -0.25) is 9.36 Å². The first-order chi connectivity index (χ1) is 16.9. The molecule has 180 valence electrons. The second-order valence-corrected chi connectivity index (χ2v) is 10.5. The summed E-state index contributed by atoms with van der Waals surface area (Å²) >= 11 is 4.25. The number of thiophene rings is 2. The van der Waals surface area contributed by atoms with Gasteiger partial charge in [-0.05, 0) is 25.0 Å². The zero-order valence-corrected chi connectivity index (χ0v) is 22.0. The van der Waals surface area contributed by atoms with Crippen LogP contribution in [0.3, 0.4) is 0 Å². The van der Waals surface area contributed by atoms with E-state index < -0.39 is 5.97 Å². The van der Waals surface area contributed by atoms with E-state index in [9.17, 15) is 9.59 Å². The molecule has 0 bridgehead atoms. The number of carbonyl (C=O) groups is 2. The quantitative estimate of drug-likeness (QED) is 0.163. The van der Waals surface area contributed by atoms with Crippen LogP contribution in [0.1, 0.15) is 20.8 Å². The van der Waals surface area contributed by atoms with Gasteiger partial charge in [0.2, 0.25) is 5.91 Å². The number of anilines is 1. The molecule has 3 aromatic heterocycles. The van der Waals surface area contributed by atoms with Gasteiger partial charge in [-0.25, -0.2) is 4.79 Å². The summed E-state index contributed by atoms with van der Waals surface area (Å²) in [7, 11) is 1.33. The summed E-state index contributed by atoms with van der Waals surface area (Å²) in [6, 6.07) is 9.53. The Balaban J connectivity index is 1.52. The third-order valence-electron chi connectivity index (χ3n) is 5.41. The maximum absolute atomic E-state index is 12.8. The van der Waals surface area contributed by atoms with Gasteiger partial charge in [-0.2, -0.15) is 0 Å². The van der Waals surface area contributed by atoms with E-state index in [1.54, 1.807) is 17.4 Å². The molecule has 4 rings (SSSR count). The van der Waals surface area contributed by atoms with Crippen molar-refractivity contribution in [1.29, 1.82) is 0 Å². The van der Waals surface area contributed by atoms with E-state index in [-0.39, 0.29) is 11.7 Å². The maximum Gasteiger partial charge on any atom is 0.341 e. The lowest BCUT2D eigenvalue weighted by atomic mass is 10.0. The van der Waals surface area contributed by atoms with E-state index in [1.807, 2.05) is 40.3 Å². The summed E-state index contributed by atoms with van der Waals surface area (Å²) in [5, 5.41) is 16.6. The van der Waals surface area contributed by atoms with Gasteiger partial charge in [0, 0.05) is 33.3 Å². The summed E-state index contributed by atoms with van der Waals surface area (Å²) in [5.74, 6) is 0.118. The molecule has 0 saturated carbocycles. The largest absolute Gasteiger partial charge is 0.465 e. The summed E-state index contributed by atoms with van der Waals surface area (Å²) < 4.78 is 6.94. The van der Waals surface area contributed by atoms with E-state index in [1.165, 1.54) is 40.6 Å². The van der Waals surface area contributed by atoms with E-state index in [4.69, 9.17) is 4.74 Å². The molecule has 0 fully saturated rings. The fraction of sp³-hybridized carbons (Fsp3) is 0.200. The molecule has 0 spiro atoms.